The molecule has 3 heteroatoms. The molecule has 0 atom stereocenters. The van der Waals surface area contributed by atoms with Crippen LogP contribution in [0.25, 0.3) is 0 Å². The topological polar surface area (TPSA) is 12.0 Å². The van der Waals surface area contributed by atoms with Crippen molar-refractivity contribution in [3.05, 3.63) is 49.6 Å². The van der Waals surface area contributed by atoms with E-state index in [4.69, 9.17) is 0 Å². The maximum Gasteiger partial charge on any atom is 0.0494 e. The SMILES string of the molecule is Cc1cc(Br)cc(C)c1NCc1ccc(C(C)(C)C)s1. The normalized spacial score (nSPS) is 11.7. The summed E-state index contributed by atoms with van der Waals surface area (Å²) in [7, 11) is 0. The van der Waals surface area contributed by atoms with Gasteiger partial charge in [0.1, 0.15) is 0 Å². The van der Waals surface area contributed by atoms with E-state index in [1.165, 1.54) is 26.6 Å². The van der Waals surface area contributed by atoms with Crippen molar-refractivity contribution in [1.29, 1.82) is 0 Å². The van der Waals surface area contributed by atoms with E-state index in [1.54, 1.807) is 0 Å². The first-order valence-electron chi connectivity index (χ1n) is 6.87. The molecule has 1 aromatic carbocycles. The summed E-state index contributed by atoms with van der Waals surface area (Å²) >= 11 is 5.44. The molecule has 0 spiro atoms. The van der Waals surface area contributed by atoms with Gasteiger partial charge in [-0.05, 0) is 54.7 Å². The molecular weight excluding hydrogens is 330 g/mol. The second-order valence-electron chi connectivity index (χ2n) is 6.28. The highest BCUT2D eigenvalue weighted by Crippen LogP contribution is 2.31. The Morgan fingerprint density at radius 2 is 1.70 bits per heavy atom. The Labute approximate surface area is 134 Å². The van der Waals surface area contributed by atoms with Crippen LogP contribution < -0.4 is 5.32 Å². The van der Waals surface area contributed by atoms with Gasteiger partial charge in [0.15, 0.2) is 0 Å². The summed E-state index contributed by atoms with van der Waals surface area (Å²) in [6.45, 7) is 12.0. The first kappa shape index (κ1) is 15.6. The van der Waals surface area contributed by atoms with Gasteiger partial charge in [-0.1, -0.05) is 36.7 Å². The van der Waals surface area contributed by atoms with E-state index in [0.29, 0.717) is 0 Å². The van der Waals surface area contributed by atoms with E-state index >= 15 is 0 Å². The lowest BCUT2D eigenvalue weighted by Gasteiger charge is -2.15. The number of nitrogens with one attached hydrogen (secondary N) is 1. The number of thiophene rings is 1. The lowest BCUT2D eigenvalue weighted by molar-refractivity contribution is 0.604. The van der Waals surface area contributed by atoms with Crippen LogP contribution in [0.4, 0.5) is 5.69 Å². The third-order valence-corrected chi connectivity index (χ3v) is 5.31. The molecule has 0 radical (unpaired) electrons. The highest BCUT2D eigenvalue weighted by atomic mass is 79.9. The van der Waals surface area contributed by atoms with Crippen LogP contribution in [-0.2, 0) is 12.0 Å². The Balaban J connectivity index is 2.12. The van der Waals surface area contributed by atoms with Crippen LogP contribution in [0.5, 0.6) is 0 Å². The zero-order valence-corrected chi connectivity index (χ0v) is 15.2. The van der Waals surface area contributed by atoms with E-state index in [0.717, 1.165) is 11.0 Å². The summed E-state index contributed by atoms with van der Waals surface area (Å²) in [5.41, 5.74) is 4.06. The molecule has 2 aromatic rings. The number of rotatable bonds is 3. The molecule has 0 fully saturated rings. The van der Waals surface area contributed by atoms with Crippen LogP contribution in [0.2, 0.25) is 0 Å². The zero-order chi connectivity index (χ0) is 14.9. The van der Waals surface area contributed by atoms with Gasteiger partial charge >= 0.3 is 0 Å². The van der Waals surface area contributed by atoms with Gasteiger partial charge < -0.3 is 5.32 Å². The summed E-state index contributed by atoms with van der Waals surface area (Å²) in [5.74, 6) is 0. The molecule has 20 heavy (non-hydrogen) atoms. The second kappa shape index (κ2) is 5.90. The Bertz CT molecular complexity index is 585. The van der Waals surface area contributed by atoms with Crippen molar-refractivity contribution in [2.45, 2.75) is 46.6 Å². The van der Waals surface area contributed by atoms with Crippen molar-refractivity contribution in [3.63, 3.8) is 0 Å². The third kappa shape index (κ3) is 3.64. The fourth-order valence-corrected chi connectivity index (χ4v) is 3.93. The van der Waals surface area contributed by atoms with Gasteiger partial charge in [-0.2, -0.15) is 0 Å². The maximum atomic E-state index is 3.58. The summed E-state index contributed by atoms with van der Waals surface area (Å²) in [6, 6.07) is 8.80. The minimum atomic E-state index is 0.242. The number of anilines is 1. The minimum absolute atomic E-state index is 0.242. The summed E-state index contributed by atoms with van der Waals surface area (Å²) in [5, 5.41) is 3.58. The van der Waals surface area contributed by atoms with Gasteiger partial charge in [0.25, 0.3) is 0 Å². The van der Waals surface area contributed by atoms with E-state index < -0.39 is 0 Å². The van der Waals surface area contributed by atoms with E-state index in [2.05, 4.69) is 80.1 Å². The monoisotopic (exact) mass is 351 g/mol. The smallest absolute Gasteiger partial charge is 0.0494 e. The molecule has 2 rings (SSSR count). The first-order chi connectivity index (χ1) is 9.27. The van der Waals surface area contributed by atoms with Gasteiger partial charge in [-0.25, -0.2) is 0 Å². The first-order valence-corrected chi connectivity index (χ1v) is 8.48. The van der Waals surface area contributed by atoms with Crippen LogP contribution in [0.1, 0.15) is 41.7 Å². The summed E-state index contributed by atoms with van der Waals surface area (Å²) in [4.78, 5) is 2.83. The standard InChI is InChI=1S/C17H22BrNS/c1-11-8-13(18)9-12(2)16(11)19-10-14-6-7-15(20-14)17(3,4)5/h6-9,19H,10H2,1-5H3. The highest BCUT2D eigenvalue weighted by Gasteiger charge is 2.16. The zero-order valence-electron chi connectivity index (χ0n) is 12.8. The Kier molecular flexibility index (Phi) is 4.60. The molecule has 108 valence electrons. The molecule has 1 N–H and O–H groups in total. The molecule has 0 unspecified atom stereocenters. The quantitative estimate of drug-likeness (QED) is 0.710. The molecule has 0 bridgehead atoms. The molecule has 1 nitrogen and oxygen atoms in total. The van der Waals surface area contributed by atoms with Crippen LogP contribution in [0.15, 0.2) is 28.7 Å². The molecule has 1 heterocycles. The molecule has 0 saturated carbocycles. The highest BCUT2D eigenvalue weighted by molar-refractivity contribution is 9.10. The van der Waals surface area contributed by atoms with Crippen LogP contribution in [-0.4, -0.2) is 0 Å². The van der Waals surface area contributed by atoms with Crippen LogP contribution in [0.3, 0.4) is 0 Å². The number of hydrogen-bond acceptors (Lipinski definition) is 2. The van der Waals surface area contributed by atoms with Crippen molar-refractivity contribution in [3.8, 4) is 0 Å². The van der Waals surface area contributed by atoms with E-state index in [1.807, 2.05) is 11.3 Å². The summed E-state index contributed by atoms with van der Waals surface area (Å²) < 4.78 is 1.14. The van der Waals surface area contributed by atoms with Crippen molar-refractivity contribution in [2.75, 3.05) is 5.32 Å². The fraction of sp³-hybridized carbons (Fsp3) is 0.412. The molecule has 0 aliphatic carbocycles. The predicted molar refractivity (Wildman–Crippen MR) is 94.0 cm³/mol. The average Bonchev–Trinajstić information content (AvgIpc) is 2.75. The van der Waals surface area contributed by atoms with Crippen molar-refractivity contribution < 1.29 is 0 Å². The number of halogens is 1. The second-order valence-corrected chi connectivity index (χ2v) is 8.37. The average molecular weight is 352 g/mol. The Hall–Kier alpha value is -0.800. The lowest BCUT2D eigenvalue weighted by Crippen LogP contribution is -2.07. The third-order valence-electron chi connectivity index (χ3n) is 3.34. The van der Waals surface area contributed by atoms with Gasteiger partial charge in [-0.15, -0.1) is 11.3 Å². The fourth-order valence-electron chi connectivity index (χ4n) is 2.24. The van der Waals surface area contributed by atoms with Gasteiger partial charge in [0.2, 0.25) is 0 Å². The molecule has 0 amide bonds. The van der Waals surface area contributed by atoms with E-state index in [9.17, 15) is 0 Å². The van der Waals surface area contributed by atoms with Crippen LogP contribution >= 0.6 is 27.3 Å². The Morgan fingerprint density at radius 3 is 2.20 bits per heavy atom. The van der Waals surface area contributed by atoms with Gasteiger partial charge in [0.05, 0.1) is 0 Å². The number of hydrogen-bond donors (Lipinski definition) is 1. The van der Waals surface area contributed by atoms with Crippen LogP contribution in [0, 0.1) is 13.8 Å². The molecular formula is C17H22BrNS. The lowest BCUT2D eigenvalue weighted by atomic mass is 9.95. The number of benzene rings is 1. The van der Waals surface area contributed by atoms with Gasteiger partial charge in [-0.3, -0.25) is 0 Å². The van der Waals surface area contributed by atoms with Crippen molar-refractivity contribution >= 4 is 33.0 Å². The minimum Gasteiger partial charge on any atom is -0.380 e. The molecule has 0 saturated heterocycles. The molecule has 0 aliphatic heterocycles. The van der Waals surface area contributed by atoms with Gasteiger partial charge in [0, 0.05) is 26.5 Å². The maximum absolute atomic E-state index is 3.58. The Morgan fingerprint density at radius 1 is 1.10 bits per heavy atom. The largest absolute Gasteiger partial charge is 0.380 e. The number of aryl methyl sites for hydroxylation is 2. The summed E-state index contributed by atoms with van der Waals surface area (Å²) in [6.07, 6.45) is 0. The van der Waals surface area contributed by atoms with E-state index in [-0.39, 0.29) is 5.41 Å². The van der Waals surface area contributed by atoms with Crippen molar-refractivity contribution in [1.82, 2.24) is 0 Å². The van der Waals surface area contributed by atoms with Crippen molar-refractivity contribution in [2.24, 2.45) is 0 Å². The molecule has 0 aliphatic rings. The predicted octanol–water partition coefficient (Wildman–Crippen LogP) is 6.04. The molecule has 1 aromatic heterocycles.